The predicted octanol–water partition coefficient (Wildman–Crippen LogP) is 4.87. The molecule has 12 heteroatoms. The van der Waals surface area contributed by atoms with Gasteiger partial charge in [0.25, 0.3) is 0 Å². The monoisotopic (exact) mass is 496 g/mol. The minimum Gasteiger partial charge on any atom is -0.243 e. The summed E-state index contributed by atoms with van der Waals surface area (Å²) in [4.78, 5) is 17.8. The molecule has 0 saturated heterocycles. The Balaban J connectivity index is 1.45. The molecule has 0 unspecified atom stereocenters. The molecule has 4 aromatic heterocycles. The number of alkyl halides is 3. The molecule has 4 heterocycles. The van der Waals surface area contributed by atoms with Crippen LogP contribution in [0.4, 0.5) is 13.2 Å². The lowest BCUT2D eigenvalue weighted by Gasteiger charge is -2.09. The maximum absolute atomic E-state index is 13.0. The maximum atomic E-state index is 13.0. The fourth-order valence-corrected chi connectivity index (χ4v) is 4.35. The summed E-state index contributed by atoms with van der Waals surface area (Å²) in [5.74, 6) is 0.520. The van der Waals surface area contributed by atoms with Gasteiger partial charge in [-0.15, -0.1) is 11.8 Å². The van der Waals surface area contributed by atoms with Gasteiger partial charge in [-0.05, 0) is 43.9 Å². The highest BCUT2D eigenvalue weighted by atomic mass is 32.2. The number of halogens is 3. The van der Waals surface area contributed by atoms with E-state index in [-0.39, 0.29) is 0 Å². The van der Waals surface area contributed by atoms with Gasteiger partial charge in [-0.1, -0.05) is 12.1 Å². The van der Waals surface area contributed by atoms with E-state index < -0.39 is 11.9 Å². The molecule has 0 saturated carbocycles. The molecule has 35 heavy (non-hydrogen) atoms. The molecule has 1 aromatic carbocycles. The van der Waals surface area contributed by atoms with E-state index in [1.807, 2.05) is 25.3 Å². The van der Waals surface area contributed by atoms with E-state index in [0.717, 1.165) is 33.3 Å². The lowest BCUT2D eigenvalue weighted by atomic mass is 10.2. The Hall–Kier alpha value is -3.80. The average molecular weight is 497 g/mol. The van der Waals surface area contributed by atoms with Crippen LogP contribution in [0.2, 0.25) is 0 Å². The highest BCUT2D eigenvalue weighted by molar-refractivity contribution is 7.98. The van der Waals surface area contributed by atoms with Crippen LogP contribution < -0.4 is 0 Å². The summed E-state index contributed by atoms with van der Waals surface area (Å²) < 4.78 is 42.0. The van der Waals surface area contributed by atoms with Crippen LogP contribution in [0.15, 0.2) is 54.1 Å². The van der Waals surface area contributed by atoms with Gasteiger partial charge < -0.3 is 0 Å². The van der Waals surface area contributed by atoms with Crippen molar-refractivity contribution in [1.82, 2.24) is 39.5 Å². The Morgan fingerprint density at radius 2 is 1.77 bits per heavy atom. The molecule has 0 radical (unpaired) electrons. The number of fused-ring (bicyclic) bond motifs is 1. The van der Waals surface area contributed by atoms with Crippen molar-refractivity contribution in [2.75, 3.05) is 6.26 Å². The van der Waals surface area contributed by atoms with Crippen LogP contribution in [0.3, 0.4) is 0 Å². The van der Waals surface area contributed by atoms with E-state index in [1.54, 1.807) is 36.1 Å². The van der Waals surface area contributed by atoms with Crippen LogP contribution in [-0.4, -0.2) is 45.8 Å². The molecule has 178 valence electrons. The van der Waals surface area contributed by atoms with Gasteiger partial charge in [0.2, 0.25) is 0 Å². The molecule has 0 atom stereocenters. The number of rotatable bonds is 5. The summed E-state index contributed by atoms with van der Waals surface area (Å²) in [6.45, 7) is 3.90. The minimum absolute atomic E-state index is 0.400. The Morgan fingerprint density at radius 3 is 2.46 bits per heavy atom. The van der Waals surface area contributed by atoms with Gasteiger partial charge in [0, 0.05) is 11.9 Å². The molecule has 8 nitrogen and oxygen atoms in total. The van der Waals surface area contributed by atoms with E-state index in [2.05, 4.69) is 25.1 Å². The Labute approximate surface area is 202 Å². The molecular formula is C23H19F3N8S. The summed E-state index contributed by atoms with van der Waals surface area (Å²) in [5, 5.41) is 9.74. The first-order chi connectivity index (χ1) is 16.7. The van der Waals surface area contributed by atoms with Crippen molar-refractivity contribution in [2.24, 2.45) is 0 Å². The predicted molar refractivity (Wildman–Crippen MR) is 125 cm³/mol. The maximum Gasteiger partial charge on any atom is 0.435 e. The number of hydrogen-bond acceptors (Lipinski definition) is 7. The molecule has 0 N–H and O–H groups in total. The minimum atomic E-state index is -4.49. The zero-order valence-electron chi connectivity index (χ0n) is 18.9. The molecule has 0 aliphatic rings. The number of aromatic nitrogens is 8. The smallest absolute Gasteiger partial charge is 0.243 e. The van der Waals surface area contributed by atoms with Gasteiger partial charge in [-0.25, -0.2) is 29.3 Å². The summed E-state index contributed by atoms with van der Waals surface area (Å²) in [6, 6.07) is 8.16. The van der Waals surface area contributed by atoms with Gasteiger partial charge in [0.1, 0.15) is 11.4 Å². The van der Waals surface area contributed by atoms with Crippen LogP contribution in [-0.2, 0) is 12.7 Å². The second-order valence-electron chi connectivity index (χ2n) is 7.87. The summed E-state index contributed by atoms with van der Waals surface area (Å²) >= 11 is 1.50. The Morgan fingerprint density at radius 1 is 1.00 bits per heavy atom. The number of aryl methyl sites for hydroxylation is 2. The first-order valence-corrected chi connectivity index (χ1v) is 11.7. The summed E-state index contributed by atoms with van der Waals surface area (Å²) in [6.07, 6.45) is 2.39. The summed E-state index contributed by atoms with van der Waals surface area (Å²) in [7, 11) is 0. The van der Waals surface area contributed by atoms with Crippen molar-refractivity contribution < 1.29 is 13.2 Å². The molecule has 0 bridgehead atoms. The van der Waals surface area contributed by atoms with E-state index >= 15 is 0 Å². The van der Waals surface area contributed by atoms with Crippen LogP contribution in [0.5, 0.6) is 0 Å². The van der Waals surface area contributed by atoms with Crippen LogP contribution in [0, 0.1) is 13.8 Å². The van der Waals surface area contributed by atoms with Crippen molar-refractivity contribution in [3.63, 3.8) is 0 Å². The van der Waals surface area contributed by atoms with E-state index in [0.29, 0.717) is 29.4 Å². The number of hydrogen-bond donors (Lipinski definition) is 0. The summed E-state index contributed by atoms with van der Waals surface area (Å²) in [5.41, 5.74) is 3.16. The van der Waals surface area contributed by atoms with Gasteiger partial charge >= 0.3 is 6.18 Å². The molecule has 0 aliphatic carbocycles. The third-order valence-corrected chi connectivity index (χ3v) is 6.18. The van der Waals surface area contributed by atoms with Crippen molar-refractivity contribution >= 4 is 22.8 Å². The molecule has 0 aliphatic heterocycles. The van der Waals surface area contributed by atoms with Crippen molar-refractivity contribution in [3.8, 4) is 17.1 Å². The highest BCUT2D eigenvalue weighted by Crippen LogP contribution is 2.30. The van der Waals surface area contributed by atoms with Gasteiger partial charge in [0.15, 0.2) is 17.2 Å². The average Bonchev–Trinajstić information content (AvgIpc) is 3.42. The Kier molecular flexibility index (Phi) is 5.75. The third kappa shape index (κ3) is 4.36. The highest BCUT2D eigenvalue weighted by Gasteiger charge is 2.34. The fraction of sp³-hybridized carbons (Fsp3) is 0.217. The van der Waals surface area contributed by atoms with Crippen molar-refractivity contribution in [1.29, 1.82) is 0 Å². The largest absolute Gasteiger partial charge is 0.435 e. The van der Waals surface area contributed by atoms with Gasteiger partial charge in [-0.2, -0.15) is 23.4 Å². The van der Waals surface area contributed by atoms with Gasteiger partial charge in [-0.3, -0.25) is 0 Å². The molecule has 0 spiro atoms. The first kappa shape index (κ1) is 23.0. The van der Waals surface area contributed by atoms with E-state index in [1.165, 1.54) is 22.8 Å². The second-order valence-corrected chi connectivity index (χ2v) is 8.66. The zero-order valence-corrected chi connectivity index (χ0v) is 19.8. The van der Waals surface area contributed by atoms with Gasteiger partial charge in [0.05, 0.1) is 35.1 Å². The zero-order chi connectivity index (χ0) is 24.7. The second kappa shape index (κ2) is 8.77. The first-order valence-electron chi connectivity index (χ1n) is 10.5. The SMILES string of the molecule is CSc1ncnc(C)c1-c1ncc2cnn(Cc3ccc(-n4nc(C(F)(F)F)cc4C)cc3)c2n1. The number of benzene rings is 1. The van der Waals surface area contributed by atoms with Crippen molar-refractivity contribution in [3.05, 3.63) is 71.7 Å². The Bertz CT molecular complexity index is 1520. The molecule has 0 amide bonds. The molecular weight excluding hydrogens is 477 g/mol. The number of thioether (sulfide) groups is 1. The van der Waals surface area contributed by atoms with E-state index in [4.69, 9.17) is 4.98 Å². The van der Waals surface area contributed by atoms with Crippen LogP contribution in [0.1, 0.15) is 22.6 Å². The quantitative estimate of drug-likeness (QED) is 0.253. The normalized spacial score (nSPS) is 11.9. The molecule has 0 fully saturated rings. The third-order valence-electron chi connectivity index (χ3n) is 5.49. The lowest BCUT2D eigenvalue weighted by Crippen LogP contribution is -2.08. The molecule has 5 aromatic rings. The van der Waals surface area contributed by atoms with Crippen LogP contribution in [0.25, 0.3) is 28.1 Å². The standard InChI is InChI=1S/C23H19F3N8S/c1-13-8-18(23(24,25)26)32-34(13)17-6-4-15(5-7-17)11-33-21-16(10-30-33)9-27-20(31-21)19-14(2)28-12-29-22(19)35-3/h4-10,12H,11H2,1-3H3. The fourth-order valence-electron chi connectivity index (χ4n) is 3.76. The number of nitrogens with zero attached hydrogens (tertiary/aromatic N) is 8. The van der Waals surface area contributed by atoms with Crippen molar-refractivity contribution in [2.45, 2.75) is 31.6 Å². The topological polar surface area (TPSA) is 87.2 Å². The van der Waals surface area contributed by atoms with Crippen LogP contribution >= 0.6 is 11.8 Å². The lowest BCUT2D eigenvalue weighted by molar-refractivity contribution is -0.141. The van der Waals surface area contributed by atoms with E-state index in [9.17, 15) is 13.2 Å². The molecule has 5 rings (SSSR count).